The van der Waals surface area contributed by atoms with Gasteiger partial charge in [0.2, 0.25) is 0 Å². The van der Waals surface area contributed by atoms with E-state index in [2.05, 4.69) is 0 Å². The molecule has 18 heavy (non-hydrogen) atoms. The van der Waals surface area contributed by atoms with E-state index in [4.69, 9.17) is 15.2 Å². The van der Waals surface area contributed by atoms with Crippen molar-refractivity contribution >= 4 is 5.69 Å². The summed E-state index contributed by atoms with van der Waals surface area (Å²) in [5.41, 5.74) is 8.83. The van der Waals surface area contributed by atoms with Crippen LogP contribution in [-0.2, 0) is 6.61 Å². The Morgan fingerprint density at radius 1 is 1.00 bits per heavy atom. The van der Waals surface area contributed by atoms with Crippen molar-refractivity contribution in [2.75, 3.05) is 12.8 Å². The van der Waals surface area contributed by atoms with Gasteiger partial charge in [0.25, 0.3) is 0 Å². The molecule has 0 aliphatic rings. The van der Waals surface area contributed by atoms with Crippen molar-refractivity contribution in [3.8, 4) is 11.5 Å². The predicted molar refractivity (Wildman–Crippen MR) is 72.9 cm³/mol. The van der Waals surface area contributed by atoms with Crippen LogP contribution >= 0.6 is 0 Å². The monoisotopic (exact) mass is 243 g/mol. The molecule has 0 heterocycles. The van der Waals surface area contributed by atoms with Crippen molar-refractivity contribution in [2.24, 2.45) is 0 Å². The summed E-state index contributed by atoms with van der Waals surface area (Å²) in [5, 5.41) is 0. The Balaban J connectivity index is 2.04. The van der Waals surface area contributed by atoms with Crippen LogP contribution in [0.25, 0.3) is 0 Å². The SMILES string of the molecule is COc1ccc(OCc2cccc(N)c2C)cc1. The molecule has 0 radical (unpaired) electrons. The summed E-state index contributed by atoms with van der Waals surface area (Å²) in [4.78, 5) is 0. The normalized spacial score (nSPS) is 10.1. The molecule has 0 fully saturated rings. The minimum atomic E-state index is 0.517. The second-order valence-corrected chi connectivity index (χ2v) is 4.10. The van der Waals surface area contributed by atoms with Gasteiger partial charge < -0.3 is 15.2 Å². The van der Waals surface area contributed by atoms with Crippen LogP contribution in [0.5, 0.6) is 11.5 Å². The van der Waals surface area contributed by atoms with Gasteiger partial charge in [0.15, 0.2) is 0 Å². The van der Waals surface area contributed by atoms with Crippen LogP contribution in [0.15, 0.2) is 42.5 Å². The largest absolute Gasteiger partial charge is 0.497 e. The summed E-state index contributed by atoms with van der Waals surface area (Å²) < 4.78 is 10.8. The zero-order valence-corrected chi connectivity index (χ0v) is 10.6. The van der Waals surface area contributed by atoms with Crippen LogP contribution in [-0.4, -0.2) is 7.11 Å². The van der Waals surface area contributed by atoms with Crippen LogP contribution < -0.4 is 15.2 Å². The molecule has 0 unspecified atom stereocenters. The maximum absolute atomic E-state index is 5.86. The summed E-state index contributed by atoms with van der Waals surface area (Å²) in [7, 11) is 1.64. The molecular formula is C15H17NO2. The first kappa shape index (κ1) is 12.3. The van der Waals surface area contributed by atoms with Crippen molar-refractivity contribution in [2.45, 2.75) is 13.5 Å². The van der Waals surface area contributed by atoms with Gasteiger partial charge in [-0.3, -0.25) is 0 Å². The van der Waals surface area contributed by atoms with Crippen LogP contribution in [0.1, 0.15) is 11.1 Å². The number of benzene rings is 2. The van der Waals surface area contributed by atoms with Crippen LogP contribution in [0.4, 0.5) is 5.69 Å². The highest BCUT2D eigenvalue weighted by molar-refractivity contribution is 5.49. The summed E-state index contributed by atoms with van der Waals surface area (Å²) >= 11 is 0. The minimum Gasteiger partial charge on any atom is -0.497 e. The lowest BCUT2D eigenvalue weighted by molar-refractivity contribution is 0.305. The molecule has 2 aromatic rings. The number of nitrogen functional groups attached to an aromatic ring is 1. The molecule has 3 heteroatoms. The third-order valence-corrected chi connectivity index (χ3v) is 2.94. The second-order valence-electron chi connectivity index (χ2n) is 4.10. The van der Waals surface area contributed by atoms with Gasteiger partial charge >= 0.3 is 0 Å². The summed E-state index contributed by atoms with van der Waals surface area (Å²) in [6.45, 7) is 2.52. The van der Waals surface area contributed by atoms with E-state index in [9.17, 15) is 0 Å². The van der Waals surface area contributed by atoms with E-state index >= 15 is 0 Å². The molecule has 0 bridgehead atoms. The fourth-order valence-electron chi connectivity index (χ4n) is 1.69. The molecule has 94 valence electrons. The standard InChI is InChI=1S/C15H17NO2/c1-11-12(4-3-5-15(11)16)10-18-14-8-6-13(17-2)7-9-14/h3-9H,10,16H2,1-2H3. The van der Waals surface area contributed by atoms with Crippen molar-refractivity contribution in [3.05, 3.63) is 53.6 Å². The first-order valence-electron chi connectivity index (χ1n) is 5.81. The lowest BCUT2D eigenvalue weighted by Gasteiger charge is -2.10. The number of nitrogens with two attached hydrogens (primary N) is 1. The van der Waals surface area contributed by atoms with E-state index in [0.717, 1.165) is 28.3 Å². The van der Waals surface area contributed by atoms with Crippen LogP contribution in [0, 0.1) is 6.92 Å². The Labute approximate surface area is 107 Å². The molecule has 2 N–H and O–H groups in total. The van der Waals surface area contributed by atoms with Gasteiger partial charge in [0.05, 0.1) is 7.11 Å². The highest BCUT2D eigenvalue weighted by Gasteiger charge is 2.02. The lowest BCUT2D eigenvalue weighted by Crippen LogP contribution is -2.00. The Morgan fingerprint density at radius 3 is 2.33 bits per heavy atom. The first-order chi connectivity index (χ1) is 8.70. The summed E-state index contributed by atoms with van der Waals surface area (Å²) in [5.74, 6) is 1.64. The van der Waals surface area contributed by atoms with E-state index in [0.29, 0.717) is 6.61 Å². The molecule has 0 saturated carbocycles. The number of hydrogen-bond donors (Lipinski definition) is 1. The zero-order valence-electron chi connectivity index (χ0n) is 10.6. The van der Waals surface area contributed by atoms with Crippen molar-refractivity contribution in [1.82, 2.24) is 0 Å². The summed E-state index contributed by atoms with van der Waals surface area (Å²) in [6.07, 6.45) is 0. The first-order valence-corrected chi connectivity index (χ1v) is 5.81. The number of anilines is 1. The Kier molecular flexibility index (Phi) is 3.72. The molecule has 0 aromatic heterocycles. The predicted octanol–water partition coefficient (Wildman–Crippen LogP) is 3.16. The third kappa shape index (κ3) is 2.74. The second kappa shape index (κ2) is 5.45. The van der Waals surface area contributed by atoms with Crippen molar-refractivity contribution < 1.29 is 9.47 Å². The van der Waals surface area contributed by atoms with Gasteiger partial charge in [-0.1, -0.05) is 12.1 Å². The van der Waals surface area contributed by atoms with E-state index in [1.165, 1.54) is 0 Å². The quantitative estimate of drug-likeness (QED) is 0.839. The van der Waals surface area contributed by atoms with E-state index < -0.39 is 0 Å². The molecule has 2 aromatic carbocycles. The van der Waals surface area contributed by atoms with Gasteiger partial charge in [-0.15, -0.1) is 0 Å². The molecule has 0 aliphatic carbocycles. The Bertz CT molecular complexity index is 521. The topological polar surface area (TPSA) is 44.5 Å². The molecule has 0 spiro atoms. The van der Waals surface area contributed by atoms with E-state index in [1.54, 1.807) is 7.11 Å². The number of rotatable bonds is 4. The lowest BCUT2D eigenvalue weighted by atomic mass is 10.1. The van der Waals surface area contributed by atoms with Gasteiger partial charge in [0.1, 0.15) is 18.1 Å². The van der Waals surface area contributed by atoms with Gasteiger partial charge in [-0.2, -0.15) is 0 Å². The Hall–Kier alpha value is -2.16. The molecular weight excluding hydrogens is 226 g/mol. The smallest absolute Gasteiger partial charge is 0.120 e. The number of methoxy groups -OCH3 is 1. The Morgan fingerprint density at radius 2 is 1.67 bits per heavy atom. The van der Waals surface area contributed by atoms with Crippen molar-refractivity contribution in [3.63, 3.8) is 0 Å². The molecule has 0 saturated heterocycles. The van der Waals surface area contributed by atoms with Crippen molar-refractivity contribution in [1.29, 1.82) is 0 Å². The number of hydrogen-bond acceptors (Lipinski definition) is 3. The van der Waals surface area contributed by atoms with Gasteiger partial charge in [0, 0.05) is 5.69 Å². The fraction of sp³-hybridized carbons (Fsp3) is 0.200. The van der Waals surface area contributed by atoms with Gasteiger partial charge in [-0.05, 0) is 48.4 Å². The summed E-state index contributed by atoms with van der Waals surface area (Å²) in [6, 6.07) is 13.4. The van der Waals surface area contributed by atoms with E-state index in [-0.39, 0.29) is 0 Å². The molecule has 0 amide bonds. The highest BCUT2D eigenvalue weighted by atomic mass is 16.5. The molecule has 2 rings (SSSR count). The average Bonchev–Trinajstić information content (AvgIpc) is 2.41. The zero-order chi connectivity index (χ0) is 13.0. The molecule has 3 nitrogen and oxygen atoms in total. The third-order valence-electron chi connectivity index (χ3n) is 2.94. The van der Waals surface area contributed by atoms with Crippen LogP contribution in [0.2, 0.25) is 0 Å². The van der Waals surface area contributed by atoms with Crippen LogP contribution in [0.3, 0.4) is 0 Å². The fourth-order valence-corrected chi connectivity index (χ4v) is 1.69. The minimum absolute atomic E-state index is 0.517. The molecule has 0 atom stereocenters. The maximum atomic E-state index is 5.86. The van der Waals surface area contributed by atoms with Gasteiger partial charge in [-0.25, -0.2) is 0 Å². The number of ether oxygens (including phenoxy) is 2. The average molecular weight is 243 g/mol. The maximum Gasteiger partial charge on any atom is 0.120 e. The highest BCUT2D eigenvalue weighted by Crippen LogP contribution is 2.20. The molecule has 0 aliphatic heterocycles. The van der Waals surface area contributed by atoms with E-state index in [1.807, 2.05) is 49.4 Å².